The predicted octanol–water partition coefficient (Wildman–Crippen LogP) is 2.32. The van der Waals surface area contributed by atoms with Crippen molar-refractivity contribution in [2.45, 2.75) is 32.4 Å². The van der Waals surface area contributed by atoms with Gasteiger partial charge in [-0.3, -0.25) is 4.79 Å². The Labute approximate surface area is 161 Å². The highest BCUT2D eigenvalue weighted by Gasteiger charge is 2.39. The number of ether oxygens (including phenoxy) is 1. The quantitative estimate of drug-likeness (QED) is 0.850. The van der Waals surface area contributed by atoms with Gasteiger partial charge in [0.25, 0.3) is 0 Å². The molecule has 28 heavy (non-hydrogen) atoms. The van der Waals surface area contributed by atoms with Crippen LogP contribution in [-0.2, 0) is 0 Å². The maximum atomic E-state index is 15.2. The number of piperazine rings is 1. The van der Waals surface area contributed by atoms with Crippen molar-refractivity contribution < 1.29 is 19.0 Å². The first-order valence-corrected chi connectivity index (χ1v) is 9.39. The highest BCUT2D eigenvalue weighted by atomic mass is 19.1. The summed E-state index contributed by atoms with van der Waals surface area (Å²) >= 11 is 0. The topological polar surface area (TPSA) is 75.0 Å². The second kappa shape index (κ2) is 6.20. The maximum absolute atomic E-state index is 15.2. The monoisotopic (exact) mass is 389 g/mol. The smallest absolute Gasteiger partial charge is 0.341 e. The fraction of sp³-hybridized carbons (Fsp3) is 0.500. The van der Waals surface area contributed by atoms with Crippen molar-refractivity contribution in [2.24, 2.45) is 0 Å². The third kappa shape index (κ3) is 2.66. The van der Waals surface area contributed by atoms with E-state index in [4.69, 9.17) is 4.74 Å². The van der Waals surface area contributed by atoms with Gasteiger partial charge in [0, 0.05) is 32.4 Å². The predicted molar refractivity (Wildman–Crippen MR) is 104 cm³/mol. The first-order chi connectivity index (χ1) is 13.1. The van der Waals surface area contributed by atoms with Crippen molar-refractivity contribution in [1.29, 1.82) is 0 Å². The first-order valence-electron chi connectivity index (χ1n) is 9.39. The molecule has 0 unspecified atom stereocenters. The van der Waals surface area contributed by atoms with Gasteiger partial charge in [-0.05, 0) is 33.9 Å². The van der Waals surface area contributed by atoms with Crippen LogP contribution in [0.4, 0.5) is 10.1 Å². The number of halogens is 1. The summed E-state index contributed by atoms with van der Waals surface area (Å²) in [6.07, 6.45) is 1.36. The van der Waals surface area contributed by atoms with Crippen LogP contribution in [0.25, 0.3) is 10.9 Å². The van der Waals surface area contributed by atoms with Gasteiger partial charge in [0.15, 0.2) is 11.6 Å². The number of nitrogens with zero attached hydrogens (tertiary/aromatic N) is 3. The maximum Gasteiger partial charge on any atom is 0.341 e. The average Bonchev–Trinajstić information content (AvgIpc) is 2.62. The van der Waals surface area contributed by atoms with Crippen LogP contribution < -0.4 is 15.1 Å². The average molecular weight is 389 g/mol. The molecule has 0 bridgehead atoms. The minimum atomic E-state index is -1.32. The number of aromatic carboxylic acids is 1. The number of rotatable bonds is 2. The Bertz CT molecular complexity index is 1040. The van der Waals surface area contributed by atoms with E-state index in [1.807, 2.05) is 32.7 Å². The molecular weight excluding hydrogens is 365 g/mol. The molecule has 4 rings (SSSR count). The fourth-order valence-corrected chi connectivity index (χ4v) is 4.01. The molecule has 1 N–H and O–H groups in total. The SMILES string of the molecule is C[C@@H]1n2cc(C(=O)O)c(=O)c3cc(F)c(N4CCN(C)CC4)c(c32)OC1(C)C. The zero-order valence-corrected chi connectivity index (χ0v) is 16.5. The molecule has 1 atom stereocenters. The van der Waals surface area contributed by atoms with E-state index in [2.05, 4.69) is 4.90 Å². The molecule has 2 aliphatic rings. The summed E-state index contributed by atoms with van der Waals surface area (Å²) in [5.41, 5.74) is -0.970. The van der Waals surface area contributed by atoms with Crippen LogP contribution in [0.5, 0.6) is 5.75 Å². The number of carboxylic acid groups (broad SMARTS) is 1. The number of hydrogen-bond acceptors (Lipinski definition) is 5. The highest BCUT2D eigenvalue weighted by Crippen LogP contribution is 2.46. The molecule has 1 aromatic carbocycles. The lowest BCUT2D eigenvalue weighted by molar-refractivity contribution is 0.0477. The summed E-state index contributed by atoms with van der Waals surface area (Å²) in [4.78, 5) is 28.4. The second-order valence-electron chi connectivity index (χ2n) is 8.19. The van der Waals surface area contributed by atoms with E-state index in [-0.39, 0.29) is 17.0 Å². The zero-order chi connectivity index (χ0) is 20.4. The Morgan fingerprint density at radius 2 is 1.93 bits per heavy atom. The summed E-state index contributed by atoms with van der Waals surface area (Å²) in [5, 5.41) is 9.48. The number of likely N-dealkylation sites (N-methyl/N-ethyl adjacent to an activating group) is 1. The molecule has 2 aliphatic heterocycles. The Morgan fingerprint density at radius 3 is 2.54 bits per heavy atom. The van der Waals surface area contributed by atoms with E-state index >= 15 is 4.39 Å². The van der Waals surface area contributed by atoms with E-state index in [0.717, 1.165) is 19.2 Å². The lowest BCUT2D eigenvalue weighted by Gasteiger charge is -2.42. The molecule has 7 nitrogen and oxygen atoms in total. The number of anilines is 1. The molecule has 2 aromatic rings. The zero-order valence-electron chi connectivity index (χ0n) is 16.5. The number of benzene rings is 1. The van der Waals surface area contributed by atoms with E-state index in [1.165, 1.54) is 6.20 Å². The van der Waals surface area contributed by atoms with Gasteiger partial charge >= 0.3 is 5.97 Å². The van der Waals surface area contributed by atoms with E-state index < -0.39 is 22.8 Å². The molecule has 1 saturated heterocycles. The van der Waals surface area contributed by atoms with Crippen molar-refractivity contribution >= 4 is 22.6 Å². The van der Waals surface area contributed by atoms with Crippen LogP contribution in [0.1, 0.15) is 37.2 Å². The lowest BCUT2D eigenvalue weighted by Crippen LogP contribution is -2.46. The third-order valence-corrected chi connectivity index (χ3v) is 6.04. The standard InChI is InChI=1S/C20H24FN3O4/c1-11-20(2,3)28-18-15-12(17(25)13(19(26)27)10-24(11)15)9-14(21)16(18)23-7-5-22(4)6-8-23/h9-11H,5-8H2,1-4H3,(H,26,27)/t11-/m0/s1. The van der Waals surface area contributed by atoms with Crippen LogP contribution in [-0.4, -0.2) is 59.4 Å². The van der Waals surface area contributed by atoms with Crippen molar-refractivity contribution in [2.75, 3.05) is 38.1 Å². The molecule has 0 spiro atoms. The van der Waals surface area contributed by atoms with Crippen LogP contribution >= 0.6 is 0 Å². The fourth-order valence-electron chi connectivity index (χ4n) is 4.01. The molecular formula is C20H24FN3O4. The lowest BCUT2D eigenvalue weighted by atomic mass is 9.95. The van der Waals surface area contributed by atoms with E-state index in [0.29, 0.717) is 30.0 Å². The normalized spacial score (nSPS) is 21.6. The number of aromatic nitrogens is 1. The number of carbonyl (C=O) groups is 1. The molecule has 1 aromatic heterocycles. The molecule has 0 radical (unpaired) electrons. The van der Waals surface area contributed by atoms with Gasteiger partial charge in [-0.2, -0.15) is 0 Å². The Kier molecular flexibility index (Phi) is 4.15. The molecule has 3 heterocycles. The van der Waals surface area contributed by atoms with Crippen molar-refractivity contribution in [3.05, 3.63) is 33.9 Å². The summed E-state index contributed by atoms with van der Waals surface area (Å²) in [6, 6.07) is 0.915. The molecule has 0 aliphatic carbocycles. The summed E-state index contributed by atoms with van der Waals surface area (Å²) in [7, 11) is 2.02. The molecule has 0 saturated carbocycles. The van der Waals surface area contributed by atoms with Gasteiger partial charge in [-0.15, -0.1) is 0 Å². The summed E-state index contributed by atoms with van der Waals surface area (Å²) in [6.45, 7) is 8.53. The Hall–Kier alpha value is -2.61. The van der Waals surface area contributed by atoms with Crippen LogP contribution in [0.2, 0.25) is 0 Å². The van der Waals surface area contributed by atoms with Crippen LogP contribution in [0, 0.1) is 5.82 Å². The first kappa shape index (κ1) is 18.7. The molecule has 8 heteroatoms. The summed E-state index contributed by atoms with van der Waals surface area (Å²) in [5.74, 6) is -1.57. The van der Waals surface area contributed by atoms with E-state index in [9.17, 15) is 14.7 Å². The summed E-state index contributed by atoms with van der Waals surface area (Å²) < 4.78 is 23.2. The van der Waals surface area contributed by atoms with Crippen molar-refractivity contribution in [3.8, 4) is 5.75 Å². The third-order valence-electron chi connectivity index (χ3n) is 6.04. The van der Waals surface area contributed by atoms with E-state index in [1.54, 1.807) is 4.57 Å². The van der Waals surface area contributed by atoms with Gasteiger partial charge in [0.05, 0.1) is 16.9 Å². The van der Waals surface area contributed by atoms with Crippen LogP contribution in [0.3, 0.4) is 0 Å². The van der Waals surface area contributed by atoms with Crippen molar-refractivity contribution in [1.82, 2.24) is 9.47 Å². The van der Waals surface area contributed by atoms with Crippen molar-refractivity contribution in [3.63, 3.8) is 0 Å². The van der Waals surface area contributed by atoms with Gasteiger partial charge in [0.2, 0.25) is 5.43 Å². The Balaban J connectivity index is 2.06. The number of carboxylic acids is 1. The molecule has 150 valence electrons. The minimum Gasteiger partial charge on any atom is -0.481 e. The van der Waals surface area contributed by atoms with Gasteiger partial charge < -0.3 is 24.2 Å². The molecule has 0 amide bonds. The van der Waals surface area contributed by atoms with Gasteiger partial charge in [-0.25, -0.2) is 9.18 Å². The van der Waals surface area contributed by atoms with Crippen LogP contribution in [0.15, 0.2) is 17.1 Å². The second-order valence-corrected chi connectivity index (χ2v) is 8.19. The largest absolute Gasteiger partial charge is 0.481 e. The minimum absolute atomic E-state index is 0.0348. The van der Waals surface area contributed by atoms with Gasteiger partial charge in [-0.1, -0.05) is 0 Å². The van der Waals surface area contributed by atoms with Gasteiger partial charge in [0.1, 0.15) is 16.9 Å². The number of hydrogen-bond donors (Lipinski definition) is 1. The molecule has 1 fully saturated rings. The Morgan fingerprint density at radius 1 is 1.29 bits per heavy atom. The number of pyridine rings is 1. The highest BCUT2D eigenvalue weighted by molar-refractivity contribution is 5.97.